The van der Waals surface area contributed by atoms with Gasteiger partial charge >= 0.3 is 0 Å². The maximum absolute atomic E-state index is 10.9. The van der Waals surface area contributed by atoms with E-state index in [4.69, 9.17) is 9.47 Å². The fourth-order valence-electron chi connectivity index (χ4n) is 3.40. The Bertz CT molecular complexity index is 678. The molecule has 2 rings (SSSR count). The molecule has 4 nitrogen and oxygen atoms in total. The van der Waals surface area contributed by atoms with E-state index in [1.807, 2.05) is 36.4 Å². The molecule has 30 heavy (non-hydrogen) atoms. The first-order valence-electron chi connectivity index (χ1n) is 11.2. The van der Waals surface area contributed by atoms with Crippen LogP contribution >= 0.6 is 0 Å². The third-order valence-corrected chi connectivity index (χ3v) is 5.15. The first kappa shape index (κ1) is 23.7. The van der Waals surface area contributed by atoms with Crippen molar-refractivity contribution < 1.29 is 19.1 Å². The van der Waals surface area contributed by atoms with E-state index in [-0.39, 0.29) is 0 Å². The van der Waals surface area contributed by atoms with Crippen molar-refractivity contribution in [2.75, 3.05) is 13.2 Å². The molecule has 0 unspecified atom stereocenters. The number of carbonyl (C=O) groups is 2. The number of rotatable bonds is 17. The summed E-state index contributed by atoms with van der Waals surface area (Å²) in [5.74, 6) is 1.37. The highest BCUT2D eigenvalue weighted by atomic mass is 16.5. The van der Waals surface area contributed by atoms with E-state index in [2.05, 4.69) is 0 Å². The second kappa shape index (κ2) is 15.3. The molecule has 0 saturated heterocycles. The van der Waals surface area contributed by atoms with E-state index in [1.54, 1.807) is 12.1 Å². The Morgan fingerprint density at radius 1 is 0.500 bits per heavy atom. The molecule has 0 radical (unpaired) electrons. The molecule has 0 aliphatic heterocycles. The van der Waals surface area contributed by atoms with Crippen molar-refractivity contribution in [3.05, 3.63) is 59.7 Å². The largest absolute Gasteiger partial charge is 0.493 e. The van der Waals surface area contributed by atoms with Gasteiger partial charge in [-0.25, -0.2) is 0 Å². The Labute approximate surface area is 180 Å². The normalized spacial score (nSPS) is 10.5. The number of hydrogen-bond donors (Lipinski definition) is 0. The van der Waals surface area contributed by atoms with Crippen molar-refractivity contribution in [3.63, 3.8) is 0 Å². The molecule has 2 aromatic rings. The predicted molar refractivity (Wildman–Crippen MR) is 121 cm³/mol. The van der Waals surface area contributed by atoms with E-state index in [1.165, 1.54) is 51.4 Å². The Morgan fingerprint density at radius 3 is 1.20 bits per heavy atom. The summed E-state index contributed by atoms with van der Waals surface area (Å²) in [5.41, 5.74) is 1.24. The SMILES string of the molecule is O=Cc1ccccc1OCCCCCCCCCCCCOc1ccccc1C=O. The van der Waals surface area contributed by atoms with Crippen molar-refractivity contribution in [1.29, 1.82) is 0 Å². The highest BCUT2D eigenvalue weighted by Crippen LogP contribution is 2.18. The van der Waals surface area contributed by atoms with Gasteiger partial charge in [0.05, 0.1) is 24.3 Å². The van der Waals surface area contributed by atoms with E-state index in [0.717, 1.165) is 25.4 Å². The van der Waals surface area contributed by atoms with Crippen molar-refractivity contribution in [3.8, 4) is 11.5 Å². The standard InChI is InChI=1S/C26H34O4/c27-21-23-15-9-11-17-25(23)29-19-13-7-5-3-1-2-4-6-8-14-20-30-26-18-12-10-16-24(26)22-28/h9-12,15-18,21-22H,1-8,13-14,19-20H2. The summed E-state index contributed by atoms with van der Waals surface area (Å²) in [5, 5.41) is 0. The fraction of sp³-hybridized carbons (Fsp3) is 0.462. The van der Waals surface area contributed by atoms with Crippen molar-refractivity contribution >= 4 is 12.6 Å². The molecule has 0 bridgehead atoms. The molecule has 2 aromatic carbocycles. The lowest BCUT2D eigenvalue weighted by Crippen LogP contribution is -2.00. The summed E-state index contributed by atoms with van der Waals surface area (Å²) in [6.07, 6.45) is 13.7. The smallest absolute Gasteiger partial charge is 0.153 e. The summed E-state index contributed by atoms with van der Waals surface area (Å²) in [6, 6.07) is 14.7. The number of unbranched alkanes of at least 4 members (excludes halogenated alkanes) is 9. The van der Waals surface area contributed by atoms with E-state index in [9.17, 15) is 9.59 Å². The van der Waals surface area contributed by atoms with E-state index >= 15 is 0 Å². The van der Waals surface area contributed by atoms with Gasteiger partial charge in [0.25, 0.3) is 0 Å². The van der Waals surface area contributed by atoms with Gasteiger partial charge in [0.1, 0.15) is 11.5 Å². The monoisotopic (exact) mass is 410 g/mol. The van der Waals surface area contributed by atoms with Gasteiger partial charge < -0.3 is 9.47 Å². The number of benzene rings is 2. The molecule has 0 amide bonds. The van der Waals surface area contributed by atoms with Crippen LogP contribution in [-0.2, 0) is 0 Å². The molecule has 0 N–H and O–H groups in total. The van der Waals surface area contributed by atoms with Gasteiger partial charge in [0, 0.05) is 0 Å². The van der Waals surface area contributed by atoms with Gasteiger partial charge in [-0.15, -0.1) is 0 Å². The maximum Gasteiger partial charge on any atom is 0.153 e. The van der Waals surface area contributed by atoms with Crippen LogP contribution < -0.4 is 9.47 Å². The molecule has 0 aromatic heterocycles. The second-order valence-electron chi connectivity index (χ2n) is 7.54. The lowest BCUT2D eigenvalue weighted by molar-refractivity contribution is 0.111. The van der Waals surface area contributed by atoms with Gasteiger partial charge in [-0.05, 0) is 37.1 Å². The Kier molecular flexibility index (Phi) is 12.0. The third kappa shape index (κ3) is 9.25. The van der Waals surface area contributed by atoms with E-state index in [0.29, 0.717) is 35.8 Å². The highest BCUT2D eigenvalue weighted by Gasteiger charge is 2.02. The lowest BCUT2D eigenvalue weighted by atomic mass is 10.1. The van der Waals surface area contributed by atoms with Gasteiger partial charge in [0.15, 0.2) is 12.6 Å². The van der Waals surface area contributed by atoms with Gasteiger partial charge in [-0.2, -0.15) is 0 Å². The first-order valence-corrected chi connectivity index (χ1v) is 11.2. The average molecular weight is 411 g/mol. The van der Waals surface area contributed by atoms with Crippen LogP contribution in [0.4, 0.5) is 0 Å². The Balaban J connectivity index is 1.36. The van der Waals surface area contributed by atoms with Crippen LogP contribution in [-0.4, -0.2) is 25.8 Å². The summed E-state index contributed by atoms with van der Waals surface area (Å²) >= 11 is 0. The van der Waals surface area contributed by atoms with Crippen LogP contribution in [0.3, 0.4) is 0 Å². The number of ether oxygens (including phenoxy) is 2. The zero-order valence-electron chi connectivity index (χ0n) is 17.9. The summed E-state index contributed by atoms with van der Waals surface area (Å²) < 4.78 is 11.4. The van der Waals surface area contributed by atoms with Gasteiger partial charge in [0.2, 0.25) is 0 Å². The predicted octanol–water partition coefficient (Wildman–Crippen LogP) is 6.67. The molecule has 0 atom stereocenters. The van der Waals surface area contributed by atoms with Crippen LogP contribution in [0.1, 0.15) is 84.9 Å². The van der Waals surface area contributed by atoms with Gasteiger partial charge in [-0.3, -0.25) is 9.59 Å². The minimum absolute atomic E-state index is 0.620. The minimum Gasteiger partial charge on any atom is -0.493 e. The topological polar surface area (TPSA) is 52.6 Å². The summed E-state index contributed by atoms with van der Waals surface area (Å²) in [7, 11) is 0. The second-order valence-corrected chi connectivity index (χ2v) is 7.54. The van der Waals surface area contributed by atoms with Crippen molar-refractivity contribution in [2.24, 2.45) is 0 Å². The van der Waals surface area contributed by atoms with Crippen molar-refractivity contribution in [1.82, 2.24) is 0 Å². The summed E-state index contributed by atoms with van der Waals surface area (Å²) in [6.45, 7) is 1.34. The van der Waals surface area contributed by atoms with Crippen LogP contribution in [0, 0.1) is 0 Å². The minimum atomic E-state index is 0.620. The number of para-hydroxylation sites is 2. The molecule has 0 aliphatic carbocycles. The Morgan fingerprint density at radius 2 is 0.833 bits per heavy atom. The molecule has 0 fully saturated rings. The zero-order valence-corrected chi connectivity index (χ0v) is 17.9. The first-order chi connectivity index (χ1) is 14.8. The van der Waals surface area contributed by atoms with Crippen LogP contribution in [0.5, 0.6) is 11.5 Å². The van der Waals surface area contributed by atoms with Crippen LogP contribution in [0.25, 0.3) is 0 Å². The molecular formula is C26H34O4. The average Bonchev–Trinajstić information content (AvgIpc) is 2.79. The molecule has 0 aliphatic rings. The van der Waals surface area contributed by atoms with Gasteiger partial charge in [-0.1, -0.05) is 75.6 Å². The maximum atomic E-state index is 10.9. The van der Waals surface area contributed by atoms with Crippen LogP contribution in [0.2, 0.25) is 0 Å². The molecule has 0 heterocycles. The zero-order chi connectivity index (χ0) is 21.3. The quantitative estimate of drug-likeness (QED) is 0.216. The number of aldehydes is 2. The van der Waals surface area contributed by atoms with Crippen molar-refractivity contribution in [2.45, 2.75) is 64.2 Å². The fourth-order valence-corrected chi connectivity index (χ4v) is 3.40. The molecule has 0 spiro atoms. The number of hydrogen-bond acceptors (Lipinski definition) is 4. The van der Waals surface area contributed by atoms with Crippen LogP contribution in [0.15, 0.2) is 48.5 Å². The molecule has 162 valence electrons. The lowest BCUT2D eigenvalue weighted by Gasteiger charge is -2.08. The number of carbonyl (C=O) groups excluding carboxylic acids is 2. The van der Waals surface area contributed by atoms with E-state index < -0.39 is 0 Å². The summed E-state index contributed by atoms with van der Waals surface area (Å²) in [4.78, 5) is 21.9. The highest BCUT2D eigenvalue weighted by molar-refractivity contribution is 5.79. The molecular weight excluding hydrogens is 376 g/mol. The molecule has 0 saturated carbocycles. The molecule has 4 heteroatoms. The Hall–Kier alpha value is -2.62. The third-order valence-electron chi connectivity index (χ3n) is 5.15.